The van der Waals surface area contributed by atoms with Gasteiger partial charge in [0.05, 0.1) is 18.5 Å². The summed E-state index contributed by atoms with van der Waals surface area (Å²) in [7, 11) is 1.56. The van der Waals surface area contributed by atoms with E-state index in [2.05, 4.69) is 15.5 Å². The van der Waals surface area contributed by atoms with E-state index in [1.165, 1.54) is 12.1 Å². The fourth-order valence-corrected chi connectivity index (χ4v) is 2.86. The first kappa shape index (κ1) is 15.6. The lowest BCUT2D eigenvalue weighted by Gasteiger charge is -2.16. The monoisotopic (exact) mass is 333 g/mol. The summed E-state index contributed by atoms with van der Waals surface area (Å²) in [5.41, 5.74) is 0.741. The molecule has 0 aliphatic rings. The molecule has 3 aromatic rings. The predicted octanol–water partition coefficient (Wildman–Crippen LogP) is 3.80. The molecule has 5 nitrogen and oxygen atoms in total. The minimum Gasteiger partial charge on any atom is -0.496 e. The molecular formula is C16H16FN3O2S. The van der Waals surface area contributed by atoms with Crippen molar-refractivity contribution in [3.05, 3.63) is 53.0 Å². The number of methoxy groups -OCH3 is 1. The highest BCUT2D eigenvalue weighted by Crippen LogP contribution is 2.26. The summed E-state index contributed by atoms with van der Waals surface area (Å²) in [6.07, 6.45) is 0. The first-order valence-electron chi connectivity index (χ1n) is 7.10. The smallest absolute Gasteiger partial charge is 0.257 e. The van der Waals surface area contributed by atoms with Crippen LogP contribution in [0.1, 0.15) is 24.4 Å². The molecule has 0 saturated carbocycles. The van der Waals surface area contributed by atoms with Gasteiger partial charge in [0.25, 0.3) is 5.89 Å². The molecule has 0 amide bonds. The van der Waals surface area contributed by atoms with Crippen molar-refractivity contribution in [2.45, 2.75) is 19.5 Å². The molecule has 0 saturated heterocycles. The van der Waals surface area contributed by atoms with Gasteiger partial charge in [-0.25, -0.2) is 4.39 Å². The molecule has 0 fully saturated rings. The Morgan fingerprint density at radius 3 is 2.96 bits per heavy atom. The van der Waals surface area contributed by atoms with Gasteiger partial charge in [-0.2, -0.15) is 0 Å². The third-order valence-corrected chi connectivity index (χ3v) is 4.27. The summed E-state index contributed by atoms with van der Waals surface area (Å²) >= 11 is 1.54. The van der Waals surface area contributed by atoms with Crippen LogP contribution in [0.5, 0.6) is 5.75 Å². The van der Waals surface area contributed by atoms with Crippen molar-refractivity contribution in [1.29, 1.82) is 0 Å². The fraction of sp³-hybridized carbons (Fsp3) is 0.250. The van der Waals surface area contributed by atoms with Crippen LogP contribution in [-0.2, 0) is 6.54 Å². The molecule has 0 aliphatic heterocycles. The molecule has 0 spiro atoms. The lowest BCUT2D eigenvalue weighted by atomic mass is 10.1. The van der Waals surface area contributed by atoms with Gasteiger partial charge in [-0.3, -0.25) is 0 Å². The largest absolute Gasteiger partial charge is 0.496 e. The highest BCUT2D eigenvalue weighted by molar-refractivity contribution is 7.13. The molecule has 2 heterocycles. The van der Waals surface area contributed by atoms with Crippen LogP contribution >= 0.6 is 11.3 Å². The lowest BCUT2D eigenvalue weighted by Crippen LogP contribution is -2.19. The van der Waals surface area contributed by atoms with Crippen molar-refractivity contribution in [2.75, 3.05) is 7.11 Å². The van der Waals surface area contributed by atoms with Crippen LogP contribution in [0.25, 0.3) is 10.8 Å². The van der Waals surface area contributed by atoms with Gasteiger partial charge in [0.15, 0.2) is 0 Å². The highest BCUT2D eigenvalue weighted by Gasteiger charge is 2.14. The second-order valence-corrected chi connectivity index (χ2v) is 5.91. The number of rotatable bonds is 6. The molecule has 0 aliphatic carbocycles. The maximum atomic E-state index is 13.4. The molecule has 7 heteroatoms. The summed E-state index contributed by atoms with van der Waals surface area (Å²) in [5.74, 6) is 1.33. The summed E-state index contributed by atoms with van der Waals surface area (Å²) in [4.78, 5) is 0.934. The van der Waals surface area contributed by atoms with Crippen molar-refractivity contribution in [1.82, 2.24) is 15.5 Å². The van der Waals surface area contributed by atoms with Gasteiger partial charge in [-0.05, 0) is 36.6 Å². The summed E-state index contributed by atoms with van der Waals surface area (Å²) in [6.45, 7) is 2.31. The number of nitrogens with zero attached hydrogens (tertiary/aromatic N) is 2. The topological polar surface area (TPSA) is 60.2 Å². The minimum atomic E-state index is -0.299. The van der Waals surface area contributed by atoms with E-state index in [-0.39, 0.29) is 11.9 Å². The van der Waals surface area contributed by atoms with E-state index in [1.807, 2.05) is 24.4 Å². The number of nitrogens with one attached hydrogen (secondary N) is 1. The van der Waals surface area contributed by atoms with Gasteiger partial charge in [-0.1, -0.05) is 6.07 Å². The Balaban J connectivity index is 1.67. The molecule has 0 unspecified atom stereocenters. The maximum absolute atomic E-state index is 13.4. The first-order chi connectivity index (χ1) is 11.2. The van der Waals surface area contributed by atoms with Gasteiger partial charge < -0.3 is 14.5 Å². The van der Waals surface area contributed by atoms with Gasteiger partial charge in [-0.15, -0.1) is 21.5 Å². The predicted molar refractivity (Wildman–Crippen MR) is 85.8 cm³/mol. The Hall–Kier alpha value is -2.25. The molecule has 23 heavy (non-hydrogen) atoms. The van der Waals surface area contributed by atoms with Crippen LogP contribution in [0.4, 0.5) is 4.39 Å². The molecule has 1 N–H and O–H groups in total. The normalized spacial score (nSPS) is 12.3. The second kappa shape index (κ2) is 6.89. The number of benzene rings is 1. The quantitative estimate of drug-likeness (QED) is 0.743. The van der Waals surface area contributed by atoms with E-state index in [4.69, 9.17) is 9.15 Å². The Bertz CT molecular complexity index is 773. The molecule has 0 bridgehead atoms. The highest BCUT2D eigenvalue weighted by atomic mass is 32.1. The zero-order valence-corrected chi connectivity index (χ0v) is 13.6. The number of halogens is 1. The third-order valence-electron chi connectivity index (χ3n) is 3.42. The average Bonchev–Trinajstić information content (AvgIpc) is 3.23. The standard InChI is InChI=1S/C16H16FN3O2S/c1-10(12-8-11(17)5-6-13(12)21-2)18-9-15-19-20-16(22-15)14-4-3-7-23-14/h3-8,10,18H,9H2,1-2H3/t10-/m0/s1. The van der Waals surface area contributed by atoms with Crippen molar-refractivity contribution in [2.24, 2.45) is 0 Å². The van der Waals surface area contributed by atoms with Crippen LogP contribution in [0, 0.1) is 5.82 Å². The van der Waals surface area contributed by atoms with E-state index >= 15 is 0 Å². The Labute approximate surface area is 137 Å². The first-order valence-corrected chi connectivity index (χ1v) is 7.98. The van der Waals surface area contributed by atoms with Crippen molar-refractivity contribution >= 4 is 11.3 Å². The zero-order chi connectivity index (χ0) is 16.2. The van der Waals surface area contributed by atoms with Gasteiger partial charge in [0.2, 0.25) is 5.89 Å². The molecular weight excluding hydrogens is 317 g/mol. The van der Waals surface area contributed by atoms with Crippen LogP contribution in [-0.4, -0.2) is 17.3 Å². The summed E-state index contributed by atoms with van der Waals surface area (Å²) in [5, 5.41) is 13.2. The van der Waals surface area contributed by atoms with E-state index in [0.717, 1.165) is 10.4 Å². The molecule has 0 radical (unpaired) electrons. The van der Waals surface area contributed by atoms with E-state index in [0.29, 0.717) is 24.1 Å². The minimum absolute atomic E-state index is 0.127. The SMILES string of the molecule is COc1ccc(F)cc1[C@H](C)NCc1nnc(-c2cccs2)o1. The zero-order valence-electron chi connectivity index (χ0n) is 12.7. The number of aromatic nitrogens is 2. The summed E-state index contributed by atoms with van der Waals surface area (Å²) in [6, 6.07) is 8.18. The van der Waals surface area contributed by atoms with Crippen molar-refractivity contribution < 1.29 is 13.5 Å². The number of hydrogen-bond donors (Lipinski definition) is 1. The van der Waals surface area contributed by atoms with Crippen molar-refractivity contribution in [3.63, 3.8) is 0 Å². The molecule has 2 aromatic heterocycles. The van der Waals surface area contributed by atoms with E-state index < -0.39 is 0 Å². The lowest BCUT2D eigenvalue weighted by molar-refractivity contribution is 0.395. The van der Waals surface area contributed by atoms with Crippen LogP contribution in [0.2, 0.25) is 0 Å². The molecule has 1 aromatic carbocycles. The fourth-order valence-electron chi connectivity index (χ4n) is 2.22. The van der Waals surface area contributed by atoms with Gasteiger partial charge in [0, 0.05) is 11.6 Å². The number of thiophene rings is 1. The molecule has 1 atom stereocenters. The maximum Gasteiger partial charge on any atom is 0.257 e. The van der Waals surface area contributed by atoms with Gasteiger partial charge >= 0.3 is 0 Å². The van der Waals surface area contributed by atoms with Crippen LogP contribution in [0.15, 0.2) is 40.1 Å². The number of ether oxygens (including phenoxy) is 1. The van der Waals surface area contributed by atoms with Crippen LogP contribution in [0.3, 0.4) is 0 Å². The second-order valence-electron chi connectivity index (χ2n) is 4.97. The number of hydrogen-bond acceptors (Lipinski definition) is 6. The van der Waals surface area contributed by atoms with Gasteiger partial charge in [0.1, 0.15) is 11.6 Å². The van der Waals surface area contributed by atoms with E-state index in [9.17, 15) is 4.39 Å². The summed E-state index contributed by atoms with van der Waals surface area (Å²) < 4.78 is 24.3. The third kappa shape index (κ3) is 3.57. The van der Waals surface area contributed by atoms with Crippen LogP contribution < -0.4 is 10.1 Å². The van der Waals surface area contributed by atoms with E-state index in [1.54, 1.807) is 24.5 Å². The van der Waals surface area contributed by atoms with Crippen molar-refractivity contribution in [3.8, 4) is 16.5 Å². The Kier molecular flexibility index (Phi) is 4.68. The average molecular weight is 333 g/mol. The molecule has 3 rings (SSSR count). The Morgan fingerprint density at radius 1 is 1.35 bits per heavy atom. The molecule has 120 valence electrons. The Morgan fingerprint density at radius 2 is 2.22 bits per heavy atom.